The predicted octanol–water partition coefficient (Wildman–Crippen LogP) is 3.54. The van der Waals surface area contributed by atoms with Gasteiger partial charge in [0.05, 0.1) is 25.7 Å². The van der Waals surface area contributed by atoms with E-state index in [0.717, 1.165) is 41.0 Å². The van der Waals surface area contributed by atoms with Gasteiger partial charge < -0.3 is 14.5 Å². The van der Waals surface area contributed by atoms with Crippen LogP contribution in [0.1, 0.15) is 30.3 Å². The molecule has 0 spiro atoms. The Morgan fingerprint density at radius 1 is 1.30 bits per heavy atom. The fourth-order valence-corrected chi connectivity index (χ4v) is 3.50. The highest BCUT2D eigenvalue weighted by Gasteiger charge is 2.30. The molecular formula is C19H20N4O3S. The highest BCUT2D eigenvalue weighted by Crippen LogP contribution is 2.40. The van der Waals surface area contributed by atoms with Crippen LogP contribution in [0.3, 0.4) is 0 Å². The van der Waals surface area contributed by atoms with Gasteiger partial charge in [0.15, 0.2) is 5.16 Å². The van der Waals surface area contributed by atoms with Crippen LogP contribution in [0.15, 0.2) is 52.2 Å². The number of rotatable bonds is 8. The van der Waals surface area contributed by atoms with Crippen molar-refractivity contribution in [1.29, 1.82) is 0 Å². The van der Waals surface area contributed by atoms with E-state index in [-0.39, 0.29) is 11.7 Å². The molecule has 1 aliphatic rings. The number of hydrogen-bond acceptors (Lipinski definition) is 6. The molecule has 27 heavy (non-hydrogen) atoms. The van der Waals surface area contributed by atoms with Gasteiger partial charge in [0.1, 0.15) is 17.3 Å². The Balaban J connectivity index is 1.40. The van der Waals surface area contributed by atoms with Gasteiger partial charge in [0, 0.05) is 11.6 Å². The standard InChI is InChI=1S/C19H20N4O3S/c1-25-15-8-6-14(7-9-15)20-17(24)12-27-19-22-21-18(13-4-5-13)23(19)11-16-3-2-10-26-16/h2-3,6-10,13H,4-5,11-12H2,1H3,(H,20,24). The maximum Gasteiger partial charge on any atom is 0.234 e. The first-order valence-electron chi connectivity index (χ1n) is 8.75. The van der Waals surface area contributed by atoms with Gasteiger partial charge in [-0.3, -0.25) is 9.36 Å². The van der Waals surface area contributed by atoms with Crippen molar-refractivity contribution in [1.82, 2.24) is 14.8 Å². The maximum atomic E-state index is 12.3. The number of aromatic nitrogens is 3. The fraction of sp³-hybridized carbons (Fsp3) is 0.316. The molecule has 3 aromatic rings. The minimum Gasteiger partial charge on any atom is -0.497 e. The molecule has 1 aliphatic carbocycles. The zero-order valence-electron chi connectivity index (χ0n) is 14.9. The maximum absolute atomic E-state index is 12.3. The number of methoxy groups -OCH3 is 1. The summed E-state index contributed by atoms with van der Waals surface area (Å²) in [7, 11) is 1.61. The molecule has 1 saturated carbocycles. The van der Waals surface area contributed by atoms with Gasteiger partial charge in [0.25, 0.3) is 0 Å². The first kappa shape index (κ1) is 17.7. The number of benzene rings is 1. The van der Waals surface area contributed by atoms with E-state index in [4.69, 9.17) is 9.15 Å². The van der Waals surface area contributed by atoms with Gasteiger partial charge in [-0.2, -0.15) is 0 Å². The molecule has 2 aromatic heterocycles. The minimum atomic E-state index is -0.0920. The van der Waals surface area contributed by atoms with Crippen molar-refractivity contribution in [3.63, 3.8) is 0 Å². The summed E-state index contributed by atoms with van der Waals surface area (Å²) < 4.78 is 12.6. The monoisotopic (exact) mass is 384 g/mol. The van der Waals surface area contributed by atoms with Crippen molar-refractivity contribution in [3.8, 4) is 5.75 Å². The SMILES string of the molecule is COc1ccc(NC(=O)CSc2nnc(C3CC3)n2Cc2ccco2)cc1. The second kappa shape index (κ2) is 7.87. The summed E-state index contributed by atoms with van der Waals surface area (Å²) in [4.78, 5) is 12.3. The number of nitrogens with one attached hydrogen (secondary N) is 1. The van der Waals surface area contributed by atoms with E-state index in [1.807, 2.05) is 36.4 Å². The predicted molar refractivity (Wildman–Crippen MR) is 102 cm³/mol. The summed E-state index contributed by atoms with van der Waals surface area (Å²) in [5.41, 5.74) is 0.733. The average Bonchev–Trinajstić information content (AvgIpc) is 3.25. The van der Waals surface area contributed by atoms with E-state index < -0.39 is 0 Å². The van der Waals surface area contributed by atoms with E-state index in [9.17, 15) is 4.79 Å². The van der Waals surface area contributed by atoms with Crippen LogP contribution in [0, 0.1) is 0 Å². The van der Waals surface area contributed by atoms with Gasteiger partial charge in [-0.1, -0.05) is 11.8 Å². The summed E-state index contributed by atoms with van der Waals surface area (Å²) in [5.74, 6) is 3.21. The molecule has 1 fully saturated rings. The quantitative estimate of drug-likeness (QED) is 0.598. The highest BCUT2D eigenvalue weighted by atomic mass is 32.2. The normalized spacial score (nSPS) is 13.5. The van der Waals surface area contributed by atoms with Crippen LogP contribution in [0.2, 0.25) is 0 Å². The minimum absolute atomic E-state index is 0.0920. The lowest BCUT2D eigenvalue weighted by atomic mass is 10.3. The van der Waals surface area contributed by atoms with E-state index in [1.165, 1.54) is 11.8 Å². The molecule has 0 aliphatic heterocycles. The molecular weight excluding hydrogens is 364 g/mol. The number of hydrogen-bond donors (Lipinski definition) is 1. The third kappa shape index (κ3) is 4.33. The lowest BCUT2D eigenvalue weighted by Gasteiger charge is -2.09. The molecule has 0 atom stereocenters. The molecule has 1 aromatic carbocycles. The smallest absolute Gasteiger partial charge is 0.234 e. The molecule has 0 saturated heterocycles. The Morgan fingerprint density at radius 2 is 2.11 bits per heavy atom. The number of thioether (sulfide) groups is 1. The van der Waals surface area contributed by atoms with E-state index in [2.05, 4.69) is 20.1 Å². The Labute approximate surface area is 161 Å². The zero-order chi connectivity index (χ0) is 18.6. The number of ether oxygens (including phenoxy) is 1. The molecule has 2 heterocycles. The van der Waals surface area contributed by atoms with Crippen LogP contribution in [0.4, 0.5) is 5.69 Å². The van der Waals surface area contributed by atoms with Gasteiger partial charge in [-0.15, -0.1) is 10.2 Å². The Morgan fingerprint density at radius 3 is 2.78 bits per heavy atom. The fourth-order valence-electron chi connectivity index (χ4n) is 2.76. The number of anilines is 1. The molecule has 0 bridgehead atoms. The van der Waals surface area contributed by atoms with Crippen molar-refractivity contribution >= 4 is 23.4 Å². The number of carbonyl (C=O) groups excluding carboxylic acids is 1. The third-order valence-electron chi connectivity index (χ3n) is 4.29. The molecule has 7 nitrogen and oxygen atoms in total. The van der Waals surface area contributed by atoms with Crippen LogP contribution in [0.5, 0.6) is 5.75 Å². The number of furan rings is 1. The number of carbonyl (C=O) groups is 1. The molecule has 4 rings (SSSR count). The van der Waals surface area contributed by atoms with Gasteiger partial charge >= 0.3 is 0 Å². The van der Waals surface area contributed by atoms with Crippen molar-refractivity contribution in [2.75, 3.05) is 18.2 Å². The highest BCUT2D eigenvalue weighted by molar-refractivity contribution is 7.99. The molecule has 0 radical (unpaired) electrons. The lowest BCUT2D eigenvalue weighted by Crippen LogP contribution is -2.15. The van der Waals surface area contributed by atoms with Gasteiger partial charge in [-0.05, 0) is 49.2 Å². The van der Waals surface area contributed by atoms with Crippen molar-refractivity contribution < 1.29 is 13.9 Å². The van der Waals surface area contributed by atoms with Crippen molar-refractivity contribution in [2.45, 2.75) is 30.5 Å². The summed E-state index contributed by atoms with van der Waals surface area (Å²) in [6.07, 6.45) is 3.93. The van der Waals surface area contributed by atoms with E-state index in [0.29, 0.717) is 12.5 Å². The average molecular weight is 384 g/mol. The molecule has 1 amide bonds. The number of nitrogens with zero attached hydrogens (tertiary/aromatic N) is 3. The first-order valence-corrected chi connectivity index (χ1v) is 9.73. The summed E-state index contributed by atoms with van der Waals surface area (Å²) in [6, 6.07) is 11.0. The largest absolute Gasteiger partial charge is 0.497 e. The molecule has 140 valence electrons. The lowest BCUT2D eigenvalue weighted by molar-refractivity contribution is -0.113. The number of amides is 1. The van der Waals surface area contributed by atoms with Crippen molar-refractivity contribution in [3.05, 3.63) is 54.2 Å². The van der Waals surface area contributed by atoms with Crippen LogP contribution in [-0.4, -0.2) is 33.5 Å². The summed E-state index contributed by atoms with van der Waals surface area (Å²) >= 11 is 1.38. The molecule has 8 heteroatoms. The Bertz CT molecular complexity index is 902. The third-order valence-corrected chi connectivity index (χ3v) is 5.25. The van der Waals surface area contributed by atoms with Crippen LogP contribution < -0.4 is 10.1 Å². The first-order chi connectivity index (χ1) is 13.2. The summed E-state index contributed by atoms with van der Waals surface area (Å²) in [5, 5.41) is 12.3. The Hall–Kier alpha value is -2.74. The Kier molecular flexibility index (Phi) is 5.15. The van der Waals surface area contributed by atoms with Gasteiger partial charge in [0.2, 0.25) is 5.91 Å². The van der Waals surface area contributed by atoms with Crippen LogP contribution in [0.25, 0.3) is 0 Å². The molecule has 0 unspecified atom stereocenters. The van der Waals surface area contributed by atoms with E-state index in [1.54, 1.807) is 13.4 Å². The van der Waals surface area contributed by atoms with E-state index >= 15 is 0 Å². The topological polar surface area (TPSA) is 82.2 Å². The summed E-state index contributed by atoms with van der Waals surface area (Å²) in [6.45, 7) is 0.578. The van der Waals surface area contributed by atoms with Crippen molar-refractivity contribution in [2.24, 2.45) is 0 Å². The second-order valence-electron chi connectivity index (χ2n) is 6.35. The van der Waals surface area contributed by atoms with Crippen LogP contribution >= 0.6 is 11.8 Å². The van der Waals surface area contributed by atoms with Gasteiger partial charge in [-0.25, -0.2) is 0 Å². The zero-order valence-corrected chi connectivity index (χ0v) is 15.7. The second-order valence-corrected chi connectivity index (χ2v) is 7.29. The van der Waals surface area contributed by atoms with Crippen LogP contribution in [-0.2, 0) is 11.3 Å². The molecule has 1 N–H and O–H groups in total.